The van der Waals surface area contributed by atoms with Crippen molar-refractivity contribution in [1.82, 2.24) is 0 Å². The van der Waals surface area contributed by atoms with Gasteiger partial charge in [0.15, 0.2) is 0 Å². The van der Waals surface area contributed by atoms with Crippen LogP contribution in [0.5, 0.6) is 0 Å². The third-order valence-electron chi connectivity index (χ3n) is 4.57. The van der Waals surface area contributed by atoms with Gasteiger partial charge in [-0.3, -0.25) is 9.59 Å². The smallest absolute Gasteiger partial charge is 0.303 e. The van der Waals surface area contributed by atoms with Gasteiger partial charge in [0.05, 0.1) is 6.10 Å². The van der Waals surface area contributed by atoms with Crippen LogP contribution in [0.2, 0.25) is 0 Å². The number of aliphatic carboxylic acids is 1. The summed E-state index contributed by atoms with van der Waals surface area (Å²) in [5, 5.41) is 18.2. The Morgan fingerprint density at radius 3 is 2.64 bits per heavy atom. The number of allylic oxidation sites excluding steroid dienone is 1. The van der Waals surface area contributed by atoms with Crippen LogP contribution in [0.15, 0.2) is 12.2 Å². The first kappa shape index (κ1) is 18.9. The van der Waals surface area contributed by atoms with E-state index in [9.17, 15) is 14.7 Å². The van der Waals surface area contributed by atoms with E-state index in [-0.39, 0.29) is 12.3 Å². The lowest BCUT2D eigenvalue weighted by atomic mass is 9.89. The second-order valence-electron chi connectivity index (χ2n) is 6.35. The summed E-state index contributed by atoms with van der Waals surface area (Å²) >= 11 is 0. The molecule has 0 spiro atoms. The molecule has 4 heteroatoms. The molecule has 0 aromatic rings. The minimum absolute atomic E-state index is 0.00629. The molecule has 0 aromatic carbocycles. The minimum Gasteiger partial charge on any atom is -0.481 e. The third-order valence-corrected chi connectivity index (χ3v) is 4.57. The zero-order valence-corrected chi connectivity index (χ0v) is 13.7. The molecular weight excluding hydrogens is 280 g/mol. The SMILES string of the molecule is CC[C@H](O)/C=C/[C@H]1C(=O)CC[C@H]1CCCCCCCC(=O)O. The maximum atomic E-state index is 11.9. The monoisotopic (exact) mass is 310 g/mol. The molecule has 0 saturated heterocycles. The summed E-state index contributed by atoms with van der Waals surface area (Å²) in [6.07, 6.45) is 11.9. The fraction of sp³-hybridized carbons (Fsp3) is 0.778. The number of carbonyl (C=O) groups is 2. The lowest BCUT2D eigenvalue weighted by molar-refractivity contribution is -0.137. The Bertz CT molecular complexity index is 375. The maximum Gasteiger partial charge on any atom is 0.303 e. The lowest BCUT2D eigenvalue weighted by Crippen LogP contribution is -2.13. The molecule has 1 saturated carbocycles. The molecule has 1 aliphatic carbocycles. The second kappa shape index (κ2) is 10.5. The number of carboxylic acids is 1. The molecule has 0 aromatic heterocycles. The molecule has 1 aliphatic rings. The van der Waals surface area contributed by atoms with E-state index in [1.165, 1.54) is 0 Å². The van der Waals surface area contributed by atoms with Crippen molar-refractivity contribution in [2.45, 2.75) is 77.2 Å². The number of aliphatic hydroxyl groups is 1. The highest BCUT2D eigenvalue weighted by molar-refractivity contribution is 5.85. The Balaban J connectivity index is 2.22. The zero-order valence-electron chi connectivity index (χ0n) is 13.7. The predicted octanol–water partition coefficient (Wildman–Crippen LogP) is 3.72. The normalized spacial score (nSPS) is 23.3. The van der Waals surface area contributed by atoms with Crippen LogP contribution < -0.4 is 0 Å². The summed E-state index contributed by atoms with van der Waals surface area (Å²) in [5.41, 5.74) is 0. The van der Waals surface area contributed by atoms with E-state index in [2.05, 4.69) is 0 Å². The molecule has 0 amide bonds. The van der Waals surface area contributed by atoms with Crippen molar-refractivity contribution in [3.63, 3.8) is 0 Å². The number of carboxylic acid groups (broad SMARTS) is 1. The van der Waals surface area contributed by atoms with Gasteiger partial charge in [0, 0.05) is 18.8 Å². The number of ketones is 1. The molecule has 126 valence electrons. The van der Waals surface area contributed by atoms with Crippen molar-refractivity contribution in [3.05, 3.63) is 12.2 Å². The quantitative estimate of drug-likeness (QED) is 0.450. The Labute approximate surface area is 133 Å². The summed E-state index contributed by atoms with van der Waals surface area (Å²) < 4.78 is 0. The van der Waals surface area contributed by atoms with E-state index in [0.29, 0.717) is 24.5 Å². The zero-order chi connectivity index (χ0) is 16.4. The fourth-order valence-corrected chi connectivity index (χ4v) is 3.12. The van der Waals surface area contributed by atoms with E-state index in [1.54, 1.807) is 6.08 Å². The van der Waals surface area contributed by atoms with Crippen LogP contribution in [-0.4, -0.2) is 28.1 Å². The van der Waals surface area contributed by atoms with E-state index in [1.807, 2.05) is 13.0 Å². The lowest BCUT2D eigenvalue weighted by Gasteiger charge is -2.15. The molecule has 1 rings (SSSR count). The van der Waals surface area contributed by atoms with E-state index in [0.717, 1.165) is 44.9 Å². The molecular formula is C18H30O4. The number of Topliss-reactive ketones (excluding diaryl/α,β-unsaturated/α-hetero) is 1. The molecule has 3 atom stereocenters. The first-order chi connectivity index (χ1) is 10.5. The topological polar surface area (TPSA) is 74.6 Å². The van der Waals surface area contributed by atoms with Gasteiger partial charge >= 0.3 is 5.97 Å². The molecule has 1 fully saturated rings. The summed E-state index contributed by atoms with van der Waals surface area (Å²) in [4.78, 5) is 22.3. The average molecular weight is 310 g/mol. The van der Waals surface area contributed by atoms with Crippen LogP contribution in [0.25, 0.3) is 0 Å². The van der Waals surface area contributed by atoms with Crippen molar-refractivity contribution in [2.75, 3.05) is 0 Å². The molecule has 0 heterocycles. The van der Waals surface area contributed by atoms with E-state index >= 15 is 0 Å². The standard InChI is InChI=1S/C18H30O4/c1-2-15(19)11-12-16-14(10-13-17(16)20)8-6-4-3-5-7-9-18(21)22/h11-12,14-16,19H,2-10,13H2,1H3,(H,21,22)/b12-11+/t14-,15+,16-/m1/s1. The number of hydrogen-bond acceptors (Lipinski definition) is 3. The summed E-state index contributed by atoms with van der Waals surface area (Å²) in [7, 11) is 0. The van der Waals surface area contributed by atoms with Crippen LogP contribution >= 0.6 is 0 Å². The highest BCUT2D eigenvalue weighted by atomic mass is 16.4. The van der Waals surface area contributed by atoms with Gasteiger partial charge in [0.25, 0.3) is 0 Å². The molecule has 0 radical (unpaired) electrons. The van der Waals surface area contributed by atoms with Gasteiger partial charge in [-0.05, 0) is 31.6 Å². The highest BCUT2D eigenvalue weighted by Gasteiger charge is 2.31. The number of carbonyl (C=O) groups excluding carboxylic acids is 1. The summed E-state index contributed by atoms with van der Waals surface area (Å²) in [6.45, 7) is 1.92. The average Bonchev–Trinajstić information content (AvgIpc) is 2.83. The van der Waals surface area contributed by atoms with Crippen LogP contribution in [0.3, 0.4) is 0 Å². The van der Waals surface area contributed by atoms with Gasteiger partial charge in [-0.25, -0.2) is 0 Å². The van der Waals surface area contributed by atoms with Crippen LogP contribution in [0.1, 0.15) is 71.1 Å². The van der Waals surface area contributed by atoms with Crippen LogP contribution in [0.4, 0.5) is 0 Å². The molecule has 22 heavy (non-hydrogen) atoms. The maximum absolute atomic E-state index is 11.9. The Kier molecular flexibility index (Phi) is 9.05. The first-order valence-electron chi connectivity index (χ1n) is 8.65. The van der Waals surface area contributed by atoms with Crippen molar-refractivity contribution in [1.29, 1.82) is 0 Å². The van der Waals surface area contributed by atoms with E-state index < -0.39 is 12.1 Å². The van der Waals surface area contributed by atoms with Gasteiger partial charge in [0.1, 0.15) is 5.78 Å². The number of aliphatic hydroxyl groups excluding tert-OH is 1. The molecule has 0 bridgehead atoms. The van der Waals surface area contributed by atoms with Gasteiger partial charge in [0.2, 0.25) is 0 Å². The van der Waals surface area contributed by atoms with Gasteiger partial charge in [-0.2, -0.15) is 0 Å². The first-order valence-corrected chi connectivity index (χ1v) is 8.65. The third kappa shape index (κ3) is 7.21. The molecule has 0 unspecified atom stereocenters. The molecule has 0 aliphatic heterocycles. The summed E-state index contributed by atoms with van der Waals surface area (Å²) in [5.74, 6) is 0.0133. The summed E-state index contributed by atoms with van der Waals surface area (Å²) in [6, 6.07) is 0. The van der Waals surface area contributed by atoms with Gasteiger partial charge in [-0.1, -0.05) is 44.8 Å². The predicted molar refractivity (Wildman–Crippen MR) is 86.6 cm³/mol. The number of unbranched alkanes of at least 4 members (excludes halogenated alkanes) is 4. The Hall–Kier alpha value is -1.16. The van der Waals surface area contributed by atoms with Crippen LogP contribution in [-0.2, 0) is 9.59 Å². The largest absolute Gasteiger partial charge is 0.481 e. The van der Waals surface area contributed by atoms with Crippen molar-refractivity contribution in [2.24, 2.45) is 11.8 Å². The van der Waals surface area contributed by atoms with E-state index in [4.69, 9.17) is 5.11 Å². The molecule has 2 N–H and O–H groups in total. The fourth-order valence-electron chi connectivity index (χ4n) is 3.12. The number of hydrogen-bond donors (Lipinski definition) is 2. The minimum atomic E-state index is -0.714. The molecule has 4 nitrogen and oxygen atoms in total. The van der Waals surface area contributed by atoms with Crippen molar-refractivity contribution in [3.8, 4) is 0 Å². The number of rotatable bonds is 11. The Morgan fingerprint density at radius 1 is 1.27 bits per heavy atom. The van der Waals surface area contributed by atoms with Crippen molar-refractivity contribution >= 4 is 11.8 Å². The van der Waals surface area contributed by atoms with Crippen molar-refractivity contribution < 1.29 is 19.8 Å². The van der Waals surface area contributed by atoms with Gasteiger partial charge in [-0.15, -0.1) is 0 Å². The van der Waals surface area contributed by atoms with Crippen LogP contribution in [0, 0.1) is 11.8 Å². The van der Waals surface area contributed by atoms with Gasteiger partial charge < -0.3 is 10.2 Å². The Morgan fingerprint density at radius 2 is 1.95 bits per heavy atom. The highest BCUT2D eigenvalue weighted by Crippen LogP contribution is 2.34. The second-order valence-corrected chi connectivity index (χ2v) is 6.35.